The third-order valence-corrected chi connectivity index (χ3v) is 4.51. The van der Waals surface area contributed by atoms with Crippen molar-refractivity contribution in [3.8, 4) is 0 Å². The van der Waals surface area contributed by atoms with Crippen molar-refractivity contribution in [3.05, 3.63) is 0 Å². The Morgan fingerprint density at radius 3 is 2.58 bits per heavy atom. The summed E-state index contributed by atoms with van der Waals surface area (Å²) in [5.74, 6) is 2.27. The van der Waals surface area contributed by atoms with Crippen molar-refractivity contribution < 1.29 is 5.11 Å². The van der Waals surface area contributed by atoms with Crippen LogP contribution in [0.15, 0.2) is 4.99 Å². The van der Waals surface area contributed by atoms with E-state index in [4.69, 9.17) is 4.99 Å². The fourth-order valence-corrected chi connectivity index (χ4v) is 3.08. The van der Waals surface area contributed by atoms with Crippen molar-refractivity contribution in [2.24, 2.45) is 16.8 Å². The van der Waals surface area contributed by atoms with Gasteiger partial charge in [0, 0.05) is 32.1 Å². The molecule has 2 aliphatic rings. The van der Waals surface area contributed by atoms with Crippen LogP contribution in [0, 0.1) is 11.8 Å². The van der Waals surface area contributed by atoms with Gasteiger partial charge >= 0.3 is 0 Å². The van der Waals surface area contributed by atoms with Gasteiger partial charge in [-0.25, -0.2) is 0 Å². The third-order valence-electron chi connectivity index (χ3n) is 4.51. The van der Waals surface area contributed by atoms with E-state index in [-0.39, 0.29) is 6.10 Å². The summed E-state index contributed by atoms with van der Waals surface area (Å²) in [5.41, 5.74) is 0. The molecular formula is C15H29N3O. The SMILES string of the molecule is CCNC(=NCC1CCCC1O)N1CCC(C)CC1. The Morgan fingerprint density at radius 1 is 1.26 bits per heavy atom. The Bertz CT molecular complexity index is 298. The number of piperidine rings is 1. The highest BCUT2D eigenvalue weighted by molar-refractivity contribution is 5.80. The van der Waals surface area contributed by atoms with Gasteiger partial charge in [0.05, 0.1) is 6.10 Å². The molecule has 1 aliphatic heterocycles. The van der Waals surface area contributed by atoms with Gasteiger partial charge in [0.2, 0.25) is 0 Å². The predicted molar refractivity (Wildman–Crippen MR) is 79.3 cm³/mol. The Kier molecular flexibility index (Phi) is 5.49. The largest absolute Gasteiger partial charge is 0.393 e. The third kappa shape index (κ3) is 4.10. The minimum atomic E-state index is -0.131. The molecule has 2 N–H and O–H groups in total. The van der Waals surface area contributed by atoms with Crippen LogP contribution in [-0.4, -0.2) is 48.2 Å². The minimum absolute atomic E-state index is 0.131. The number of nitrogens with zero attached hydrogens (tertiary/aromatic N) is 2. The fourth-order valence-electron chi connectivity index (χ4n) is 3.08. The van der Waals surface area contributed by atoms with E-state index in [2.05, 4.69) is 24.1 Å². The second kappa shape index (κ2) is 7.13. The Morgan fingerprint density at radius 2 is 2.00 bits per heavy atom. The topological polar surface area (TPSA) is 47.9 Å². The fraction of sp³-hybridized carbons (Fsp3) is 0.933. The van der Waals surface area contributed by atoms with Crippen molar-refractivity contribution in [3.63, 3.8) is 0 Å². The second-order valence-electron chi connectivity index (χ2n) is 6.12. The van der Waals surface area contributed by atoms with Gasteiger partial charge in [0.1, 0.15) is 0 Å². The van der Waals surface area contributed by atoms with Gasteiger partial charge in [-0.05, 0) is 38.5 Å². The summed E-state index contributed by atoms with van der Waals surface area (Å²) in [6.07, 6.45) is 5.62. The van der Waals surface area contributed by atoms with Crippen LogP contribution >= 0.6 is 0 Å². The minimum Gasteiger partial charge on any atom is -0.393 e. The molecule has 1 heterocycles. The summed E-state index contributed by atoms with van der Waals surface area (Å²) >= 11 is 0. The first-order valence-corrected chi connectivity index (χ1v) is 7.92. The van der Waals surface area contributed by atoms with Gasteiger partial charge in [-0.2, -0.15) is 0 Å². The van der Waals surface area contributed by atoms with E-state index in [1.54, 1.807) is 0 Å². The van der Waals surface area contributed by atoms with E-state index in [0.29, 0.717) is 5.92 Å². The molecule has 1 saturated heterocycles. The van der Waals surface area contributed by atoms with Crippen LogP contribution in [0.4, 0.5) is 0 Å². The van der Waals surface area contributed by atoms with Crippen LogP contribution in [0.1, 0.15) is 46.0 Å². The van der Waals surface area contributed by atoms with Crippen molar-refractivity contribution in [1.29, 1.82) is 0 Å². The molecule has 110 valence electrons. The van der Waals surface area contributed by atoms with Gasteiger partial charge in [-0.3, -0.25) is 4.99 Å². The Labute approximate surface area is 117 Å². The smallest absolute Gasteiger partial charge is 0.193 e. The molecule has 1 saturated carbocycles. The van der Waals surface area contributed by atoms with E-state index in [1.807, 2.05) is 0 Å². The highest BCUT2D eigenvalue weighted by atomic mass is 16.3. The van der Waals surface area contributed by atoms with Gasteiger partial charge in [-0.15, -0.1) is 0 Å². The van der Waals surface area contributed by atoms with Gasteiger partial charge < -0.3 is 15.3 Å². The summed E-state index contributed by atoms with van der Waals surface area (Å²) < 4.78 is 0. The Hall–Kier alpha value is -0.770. The van der Waals surface area contributed by atoms with Gasteiger partial charge in [0.15, 0.2) is 5.96 Å². The first-order chi connectivity index (χ1) is 9.20. The number of nitrogens with one attached hydrogen (secondary N) is 1. The van der Waals surface area contributed by atoms with Crippen LogP contribution in [0.3, 0.4) is 0 Å². The number of aliphatic imine (C=N–C) groups is 1. The molecule has 2 rings (SSSR count). The predicted octanol–water partition coefficient (Wildman–Crippen LogP) is 1.84. The molecule has 0 bridgehead atoms. The normalized spacial score (nSPS) is 29.8. The zero-order valence-corrected chi connectivity index (χ0v) is 12.4. The molecule has 0 amide bonds. The monoisotopic (exact) mass is 267 g/mol. The van der Waals surface area contributed by atoms with Crippen LogP contribution in [0.25, 0.3) is 0 Å². The summed E-state index contributed by atoms with van der Waals surface area (Å²) in [6, 6.07) is 0. The van der Waals surface area contributed by atoms with Crippen LogP contribution in [-0.2, 0) is 0 Å². The molecule has 4 nitrogen and oxygen atoms in total. The number of hydrogen-bond acceptors (Lipinski definition) is 2. The number of rotatable bonds is 3. The molecule has 0 spiro atoms. The first-order valence-electron chi connectivity index (χ1n) is 7.92. The van der Waals surface area contributed by atoms with E-state index >= 15 is 0 Å². The summed E-state index contributed by atoms with van der Waals surface area (Å²) in [4.78, 5) is 7.15. The van der Waals surface area contributed by atoms with Gasteiger partial charge in [-0.1, -0.05) is 13.3 Å². The second-order valence-corrected chi connectivity index (χ2v) is 6.12. The molecule has 2 fully saturated rings. The van der Waals surface area contributed by atoms with E-state index < -0.39 is 0 Å². The van der Waals surface area contributed by atoms with Gasteiger partial charge in [0.25, 0.3) is 0 Å². The average Bonchev–Trinajstić information content (AvgIpc) is 2.81. The van der Waals surface area contributed by atoms with Crippen molar-refractivity contribution >= 4 is 5.96 Å². The van der Waals surface area contributed by atoms with Crippen molar-refractivity contribution in [2.75, 3.05) is 26.2 Å². The number of likely N-dealkylation sites (tertiary alicyclic amines) is 1. The Balaban J connectivity index is 1.90. The van der Waals surface area contributed by atoms with E-state index in [0.717, 1.165) is 57.3 Å². The summed E-state index contributed by atoms with van der Waals surface area (Å²) in [6.45, 7) is 8.36. The number of aliphatic hydroxyl groups is 1. The highest BCUT2D eigenvalue weighted by Gasteiger charge is 2.25. The molecule has 0 radical (unpaired) electrons. The summed E-state index contributed by atoms with van der Waals surface area (Å²) in [7, 11) is 0. The number of guanidine groups is 1. The standard InChI is InChI=1S/C15H29N3O/c1-3-16-15(18-9-7-12(2)8-10-18)17-11-13-5-4-6-14(13)19/h12-14,19H,3-11H2,1-2H3,(H,16,17). The maximum absolute atomic E-state index is 9.87. The lowest BCUT2D eigenvalue weighted by Crippen LogP contribution is -2.45. The van der Waals surface area contributed by atoms with Crippen molar-refractivity contribution in [1.82, 2.24) is 10.2 Å². The first kappa shape index (κ1) is 14.6. The lowest BCUT2D eigenvalue weighted by molar-refractivity contribution is 0.136. The molecule has 19 heavy (non-hydrogen) atoms. The molecule has 2 atom stereocenters. The molecule has 0 aromatic rings. The molecule has 1 aliphatic carbocycles. The van der Waals surface area contributed by atoms with E-state index in [9.17, 15) is 5.11 Å². The summed E-state index contributed by atoms with van der Waals surface area (Å²) in [5, 5.41) is 13.3. The quantitative estimate of drug-likeness (QED) is 0.606. The molecule has 0 aromatic heterocycles. The lowest BCUT2D eigenvalue weighted by Gasteiger charge is -2.33. The van der Waals surface area contributed by atoms with Crippen molar-refractivity contribution in [2.45, 2.75) is 52.1 Å². The zero-order chi connectivity index (χ0) is 13.7. The van der Waals surface area contributed by atoms with Crippen LogP contribution in [0.5, 0.6) is 0 Å². The lowest BCUT2D eigenvalue weighted by atomic mass is 9.99. The van der Waals surface area contributed by atoms with Crippen LogP contribution < -0.4 is 5.32 Å². The molecule has 2 unspecified atom stereocenters. The van der Waals surface area contributed by atoms with Crippen LogP contribution in [0.2, 0.25) is 0 Å². The molecule has 4 heteroatoms. The number of aliphatic hydroxyl groups excluding tert-OH is 1. The molecular weight excluding hydrogens is 238 g/mol. The molecule has 0 aromatic carbocycles. The maximum atomic E-state index is 9.87. The number of hydrogen-bond donors (Lipinski definition) is 2. The maximum Gasteiger partial charge on any atom is 0.193 e. The zero-order valence-electron chi connectivity index (χ0n) is 12.4. The van der Waals surface area contributed by atoms with E-state index in [1.165, 1.54) is 12.8 Å². The average molecular weight is 267 g/mol. The highest BCUT2D eigenvalue weighted by Crippen LogP contribution is 2.25.